The summed E-state index contributed by atoms with van der Waals surface area (Å²) >= 11 is 0. The zero-order chi connectivity index (χ0) is 14.7. The zero-order valence-electron chi connectivity index (χ0n) is 13.0. The number of nitrogens with one attached hydrogen (secondary N) is 1. The van der Waals surface area contributed by atoms with Crippen LogP contribution < -0.4 is 5.32 Å². The molecule has 1 atom stereocenters. The van der Waals surface area contributed by atoms with Crippen molar-refractivity contribution >= 4 is 29.3 Å². The van der Waals surface area contributed by atoms with E-state index in [1.165, 1.54) is 38.8 Å². The number of fused-ring (bicyclic) bond motifs is 3. The van der Waals surface area contributed by atoms with Gasteiger partial charge in [-0.1, -0.05) is 0 Å². The van der Waals surface area contributed by atoms with Crippen molar-refractivity contribution < 1.29 is 9.21 Å². The van der Waals surface area contributed by atoms with Crippen LogP contribution in [0.5, 0.6) is 0 Å². The molecule has 1 saturated carbocycles. The van der Waals surface area contributed by atoms with E-state index in [1.807, 2.05) is 24.3 Å². The van der Waals surface area contributed by atoms with Crippen molar-refractivity contribution in [3.63, 3.8) is 0 Å². The first-order valence-electron chi connectivity index (χ1n) is 8.29. The first kappa shape index (κ1) is 15.0. The molecule has 4 heterocycles. The van der Waals surface area contributed by atoms with E-state index in [9.17, 15) is 4.79 Å². The third-order valence-corrected chi connectivity index (χ3v) is 5.98. The molecule has 3 saturated heterocycles. The Morgan fingerprint density at radius 1 is 1.22 bits per heavy atom. The van der Waals surface area contributed by atoms with E-state index in [4.69, 9.17) is 4.42 Å². The normalized spacial score (nSPS) is 30.2. The number of benzene rings is 1. The van der Waals surface area contributed by atoms with Crippen molar-refractivity contribution in [3.05, 3.63) is 36.1 Å². The fourth-order valence-electron chi connectivity index (χ4n) is 4.65. The molecule has 1 N–H and O–H groups in total. The van der Waals surface area contributed by atoms with Crippen LogP contribution in [0.25, 0.3) is 11.0 Å². The number of halogens is 1. The van der Waals surface area contributed by atoms with Crippen LogP contribution in [-0.2, 0) is 0 Å². The lowest BCUT2D eigenvalue weighted by Gasteiger charge is -2.52. The minimum absolute atomic E-state index is 0. The van der Waals surface area contributed by atoms with E-state index in [2.05, 4.69) is 10.2 Å². The predicted molar refractivity (Wildman–Crippen MR) is 91.0 cm³/mol. The molecule has 122 valence electrons. The second-order valence-electron chi connectivity index (χ2n) is 7.05. The highest BCUT2D eigenvalue weighted by Crippen LogP contribution is 2.53. The average Bonchev–Trinajstić information content (AvgIpc) is 3.18. The third-order valence-electron chi connectivity index (χ3n) is 5.98. The van der Waals surface area contributed by atoms with Crippen molar-refractivity contribution in [2.24, 2.45) is 5.92 Å². The van der Waals surface area contributed by atoms with Crippen LogP contribution in [0.2, 0.25) is 0 Å². The molecule has 4 fully saturated rings. The van der Waals surface area contributed by atoms with Crippen LogP contribution >= 0.6 is 12.4 Å². The van der Waals surface area contributed by atoms with E-state index >= 15 is 0 Å². The first-order valence-corrected chi connectivity index (χ1v) is 8.29. The van der Waals surface area contributed by atoms with Crippen LogP contribution in [0.1, 0.15) is 36.0 Å². The highest BCUT2D eigenvalue weighted by Gasteiger charge is 2.60. The largest absolute Gasteiger partial charge is 0.464 e. The summed E-state index contributed by atoms with van der Waals surface area (Å²) in [5, 5.41) is 4.35. The maximum atomic E-state index is 12.7. The van der Waals surface area contributed by atoms with Gasteiger partial charge in [0.25, 0.3) is 5.91 Å². The summed E-state index contributed by atoms with van der Waals surface area (Å²) in [4.78, 5) is 15.3. The molecule has 2 bridgehead atoms. The van der Waals surface area contributed by atoms with Gasteiger partial charge in [-0.05, 0) is 69.0 Å². The molecule has 1 amide bonds. The smallest absolute Gasteiger partial charge is 0.251 e. The summed E-state index contributed by atoms with van der Waals surface area (Å²) in [6.07, 6.45) is 6.62. The lowest BCUT2D eigenvalue weighted by atomic mass is 9.77. The van der Waals surface area contributed by atoms with E-state index in [-0.39, 0.29) is 23.9 Å². The maximum Gasteiger partial charge on any atom is 0.251 e. The van der Waals surface area contributed by atoms with E-state index in [0.717, 1.165) is 16.5 Å². The van der Waals surface area contributed by atoms with Crippen LogP contribution in [-0.4, -0.2) is 35.5 Å². The van der Waals surface area contributed by atoms with Crippen molar-refractivity contribution in [1.82, 2.24) is 10.2 Å². The first-order chi connectivity index (χ1) is 10.8. The van der Waals surface area contributed by atoms with Gasteiger partial charge in [0, 0.05) is 16.5 Å². The number of piperidine rings is 3. The second-order valence-corrected chi connectivity index (χ2v) is 7.05. The number of rotatable bonds is 2. The number of hydrogen-bond acceptors (Lipinski definition) is 3. The van der Waals surface area contributed by atoms with Gasteiger partial charge in [-0.3, -0.25) is 9.69 Å². The Morgan fingerprint density at radius 2 is 2.00 bits per heavy atom. The van der Waals surface area contributed by atoms with Crippen molar-refractivity contribution in [2.45, 2.75) is 37.3 Å². The van der Waals surface area contributed by atoms with Gasteiger partial charge in [0.15, 0.2) is 0 Å². The average molecular weight is 333 g/mol. The molecule has 1 aromatic heterocycles. The molecule has 0 radical (unpaired) electrons. The minimum atomic E-state index is 0. The maximum absolute atomic E-state index is 12.7. The van der Waals surface area contributed by atoms with Crippen LogP contribution in [0, 0.1) is 5.92 Å². The van der Waals surface area contributed by atoms with Gasteiger partial charge in [0.05, 0.1) is 12.3 Å². The third kappa shape index (κ3) is 2.19. The Morgan fingerprint density at radius 3 is 2.74 bits per heavy atom. The molecule has 1 unspecified atom stereocenters. The fourth-order valence-corrected chi connectivity index (χ4v) is 4.65. The number of hydrogen-bond donors (Lipinski definition) is 1. The SMILES string of the molecule is Cl.O=C(NC1C2CCN(CC2)C12CC2)c1ccc2occc2c1. The van der Waals surface area contributed by atoms with Crippen LogP contribution in [0.15, 0.2) is 34.9 Å². The zero-order valence-corrected chi connectivity index (χ0v) is 13.8. The van der Waals surface area contributed by atoms with Gasteiger partial charge < -0.3 is 9.73 Å². The molecular formula is C18H21ClN2O2. The second kappa shape index (κ2) is 5.25. The molecule has 23 heavy (non-hydrogen) atoms. The molecule has 6 rings (SSSR count). The van der Waals surface area contributed by atoms with E-state index in [1.54, 1.807) is 6.26 Å². The summed E-state index contributed by atoms with van der Waals surface area (Å²) in [6, 6.07) is 7.91. The fraction of sp³-hybridized carbons (Fsp3) is 0.500. The molecule has 4 aliphatic rings. The number of carbonyl (C=O) groups excluding carboxylic acids is 1. The molecule has 5 heteroatoms. The Hall–Kier alpha value is -1.52. The topological polar surface area (TPSA) is 45.5 Å². The van der Waals surface area contributed by atoms with Gasteiger partial charge in [-0.25, -0.2) is 0 Å². The Bertz CT molecular complexity index is 744. The van der Waals surface area contributed by atoms with E-state index in [0.29, 0.717) is 12.0 Å². The summed E-state index contributed by atoms with van der Waals surface area (Å²) < 4.78 is 5.35. The number of carbonyl (C=O) groups is 1. The molecular weight excluding hydrogens is 312 g/mol. The van der Waals surface area contributed by atoms with Crippen LogP contribution in [0.4, 0.5) is 0 Å². The Labute approximate surface area is 141 Å². The van der Waals surface area contributed by atoms with Crippen LogP contribution in [0.3, 0.4) is 0 Å². The molecule has 3 aliphatic heterocycles. The minimum Gasteiger partial charge on any atom is -0.464 e. The number of furan rings is 1. The number of amides is 1. The van der Waals surface area contributed by atoms with Gasteiger partial charge in [0.1, 0.15) is 5.58 Å². The van der Waals surface area contributed by atoms with Gasteiger partial charge in [-0.2, -0.15) is 0 Å². The Balaban J connectivity index is 0.00000135. The van der Waals surface area contributed by atoms with Crippen molar-refractivity contribution in [1.29, 1.82) is 0 Å². The monoisotopic (exact) mass is 332 g/mol. The summed E-state index contributed by atoms with van der Waals surface area (Å²) in [5.41, 5.74) is 1.86. The lowest BCUT2D eigenvalue weighted by Crippen LogP contribution is -2.65. The van der Waals surface area contributed by atoms with Gasteiger partial charge >= 0.3 is 0 Å². The van der Waals surface area contributed by atoms with Crippen molar-refractivity contribution in [3.8, 4) is 0 Å². The summed E-state index contributed by atoms with van der Waals surface area (Å²) in [6.45, 7) is 2.44. The molecule has 1 spiro atoms. The highest BCUT2D eigenvalue weighted by molar-refractivity contribution is 5.98. The number of nitrogens with zero attached hydrogens (tertiary/aromatic N) is 1. The molecule has 4 nitrogen and oxygen atoms in total. The molecule has 1 aliphatic carbocycles. The lowest BCUT2D eigenvalue weighted by molar-refractivity contribution is -0.00144. The quantitative estimate of drug-likeness (QED) is 0.918. The van der Waals surface area contributed by atoms with Gasteiger partial charge in [-0.15, -0.1) is 12.4 Å². The van der Waals surface area contributed by atoms with E-state index < -0.39 is 0 Å². The predicted octanol–water partition coefficient (Wildman–Crippen LogP) is 3.21. The van der Waals surface area contributed by atoms with Gasteiger partial charge in [0.2, 0.25) is 0 Å². The highest BCUT2D eigenvalue weighted by atomic mass is 35.5. The van der Waals surface area contributed by atoms with Crippen molar-refractivity contribution in [2.75, 3.05) is 13.1 Å². The standard InChI is InChI=1S/C18H20N2O2.ClH/c21-17(14-1-2-15-13(11-14)5-10-22-15)19-16-12-3-8-20(9-4-12)18(16)6-7-18;/h1-2,5,10-12,16H,3-4,6-9H2,(H,19,21);1H. The summed E-state index contributed by atoms with van der Waals surface area (Å²) in [7, 11) is 0. The Kier molecular flexibility index (Phi) is 3.43. The summed E-state index contributed by atoms with van der Waals surface area (Å²) in [5.74, 6) is 0.724. The molecule has 2 aromatic rings. The molecule has 1 aromatic carbocycles.